The lowest BCUT2D eigenvalue weighted by atomic mass is 10.1. The van der Waals surface area contributed by atoms with Crippen LogP contribution in [-0.4, -0.2) is 45.3 Å². The first kappa shape index (κ1) is 16.3. The maximum atomic E-state index is 12.2. The summed E-state index contributed by atoms with van der Waals surface area (Å²) in [4.78, 5) is 18.4. The molecule has 6 heteroatoms. The van der Waals surface area contributed by atoms with Gasteiger partial charge in [0, 0.05) is 13.1 Å². The molecule has 21 heavy (non-hydrogen) atoms. The van der Waals surface area contributed by atoms with E-state index in [0.29, 0.717) is 18.8 Å². The van der Waals surface area contributed by atoms with Gasteiger partial charge in [-0.15, -0.1) is 11.3 Å². The molecule has 1 aromatic carbocycles. The van der Waals surface area contributed by atoms with Crippen molar-refractivity contribution in [2.45, 2.75) is 30.7 Å². The van der Waals surface area contributed by atoms with Crippen molar-refractivity contribution in [3.05, 3.63) is 24.3 Å². The smallest absolute Gasteiger partial charge is 0.233 e. The van der Waals surface area contributed by atoms with E-state index in [1.807, 2.05) is 31.2 Å². The van der Waals surface area contributed by atoms with E-state index in [2.05, 4.69) is 4.98 Å². The highest BCUT2D eigenvalue weighted by atomic mass is 32.2. The first-order valence-electron chi connectivity index (χ1n) is 6.87. The quantitative estimate of drug-likeness (QED) is 0.830. The summed E-state index contributed by atoms with van der Waals surface area (Å²) >= 11 is 3.06. The highest BCUT2D eigenvalue weighted by molar-refractivity contribution is 8.01. The lowest BCUT2D eigenvalue weighted by Crippen LogP contribution is -2.42. The van der Waals surface area contributed by atoms with Crippen LogP contribution < -0.4 is 0 Å². The molecule has 0 radical (unpaired) electrons. The maximum absolute atomic E-state index is 12.2. The van der Waals surface area contributed by atoms with E-state index in [0.717, 1.165) is 14.6 Å². The molecule has 0 saturated carbocycles. The molecule has 1 N–H and O–H groups in total. The third-order valence-corrected chi connectivity index (χ3v) is 5.07. The van der Waals surface area contributed by atoms with Crippen molar-refractivity contribution in [2.24, 2.45) is 0 Å². The second-order valence-corrected chi connectivity index (χ2v) is 7.71. The number of rotatable bonds is 6. The van der Waals surface area contributed by atoms with Gasteiger partial charge >= 0.3 is 0 Å². The van der Waals surface area contributed by atoms with Crippen LogP contribution in [0.15, 0.2) is 28.6 Å². The van der Waals surface area contributed by atoms with Gasteiger partial charge in [0.1, 0.15) is 0 Å². The zero-order valence-corrected chi connectivity index (χ0v) is 14.1. The SMILES string of the molecule is CCN(CC(C)(C)O)C(=O)CSc1nc2ccccc2s1. The summed E-state index contributed by atoms with van der Waals surface area (Å²) in [5.41, 5.74) is 0.105. The van der Waals surface area contributed by atoms with E-state index in [4.69, 9.17) is 0 Å². The van der Waals surface area contributed by atoms with Gasteiger partial charge in [-0.2, -0.15) is 0 Å². The first-order chi connectivity index (χ1) is 9.89. The largest absolute Gasteiger partial charge is 0.389 e. The molecule has 2 aromatic rings. The Morgan fingerprint density at radius 3 is 2.76 bits per heavy atom. The van der Waals surface area contributed by atoms with Crippen molar-refractivity contribution in [3.8, 4) is 0 Å². The van der Waals surface area contributed by atoms with Crippen LogP contribution in [0.3, 0.4) is 0 Å². The molecule has 0 bridgehead atoms. The van der Waals surface area contributed by atoms with Crippen LogP contribution in [-0.2, 0) is 4.79 Å². The molecule has 0 saturated heterocycles. The molecule has 0 spiro atoms. The summed E-state index contributed by atoms with van der Waals surface area (Å²) in [5.74, 6) is 0.382. The number of thioether (sulfide) groups is 1. The summed E-state index contributed by atoms with van der Waals surface area (Å²) in [6.07, 6.45) is 0. The minimum atomic E-state index is -0.869. The number of nitrogens with zero attached hydrogens (tertiary/aromatic N) is 2. The van der Waals surface area contributed by atoms with Crippen LogP contribution in [0, 0.1) is 0 Å². The monoisotopic (exact) mass is 324 g/mol. The van der Waals surface area contributed by atoms with Crippen LogP contribution >= 0.6 is 23.1 Å². The third kappa shape index (κ3) is 4.69. The average molecular weight is 324 g/mol. The number of para-hydroxylation sites is 1. The fraction of sp³-hybridized carbons (Fsp3) is 0.467. The molecular weight excluding hydrogens is 304 g/mol. The van der Waals surface area contributed by atoms with Crippen LogP contribution in [0.5, 0.6) is 0 Å². The van der Waals surface area contributed by atoms with Gasteiger partial charge in [-0.3, -0.25) is 4.79 Å². The molecule has 4 nitrogen and oxygen atoms in total. The number of likely N-dealkylation sites (N-methyl/N-ethyl adjacent to an activating group) is 1. The zero-order valence-electron chi connectivity index (χ0n) is 12.5. The molecule has 2 rings (SSSR count). The predicted octanol–water partition coefficient (Wildman–Crippen LogP) is 3.01. The van der Waals surface area contributed by atoms with Crippen molar-refractivity contribution in [2.75, 3.05) is 18.8 Å². The molecule has 0 aliphatic rings. The van der Waals surface area contributed by atoms with Gasteiger partial charge < -0.3 is 10.0 Å². The normalized spacial score (nSPS) is 11.8. The Hall–Kier alpha value is -1.11. The van der Waals surface area contributed by atoms with Gasteiger partial charge in [0.15, 0.2) is 4.34 Å². The van der Waals surface area contributed by atoms with Gasteiger partial charge in [0.2, 0.25) is 5.91 Å². The fourth-order valence-corrected chi connectivity index (χ4v) is 3.94. The first-order valence-corrected chi connectivity index (χ1v) is 8.68. The molecule has 0 unspecified atom stereocenters. The zero-order chi connectivity index (χ0) is 15.5. The topological polar surface area (TPSA) is 53.4 Å². The number of thiazole rings is 1. The highest BCUT2D eigenvalue weighted by Gasteiger charge is 2.21. The Morgan fingerprint density at radius 1 is 1.43 bits per heavy atom. The number of hydrogen-bond donors (Lipinski definition) is 1. The summed E-state index contributed by atoms with van der Waals surface area (Å²) in [5, 5.41) is 9.84. The van der Waals surface area contributed by atoms with E-state index in [1.54, 1.807) is 30.1 Å². The third-order valence-electron chi connectivity index (χ3n) is 2.91. The Bertz CT molecular complexity index is 586. The summed E-state index contributed by atoms with van der Waals surface area (Å²) in [6, 6.07) is 7.96. The average Bonchev–Trinajstić information content (AvgIpc) is 2.84. The van der Waals surface area contributed by atoms with E-state index < -0.39 is 5.60 Å². The molecule has 1 heterocycles. The van der Waals surface area contributed by atoms with E-state index in [-0.39, 0.29) is 5.91 Å². The van der Waals surface area contributed by atoms with E-state index in [9.17, 15) is 9.90 Å². The molecule has 1 amide bonds. The number of carbonyl (C=O) groups excluding carboxylic acids is 1. The summed E-state index contributed by atoms with van der Waals surface area (Å²) in [7, 11) is 0. The second-order valence-electron chi connectivity index (χ2n) is 5.46. The van der Waals surface area contributed by atoms with Crippen LogP contribution in [0.25, 0.3) is 10.2 Å². The number of aliphatic hydroxyl groups is 1. The van der Waals surface area contributed by atoms with Gasteiger partial charge in [-0.25, -0.2) is 4.98 Å². The van der Waals surface area contributed by atoms with Gasteiger partial charge in [-0.1, -0.05) is 23.9 Å². The lowest BCUT2D eigenvalue weighted by molar-refractivity contribution is -0.131. The second kappa shape index (κ2) is 6.77. The Kier molecular flexibility index (Phi) is 5.24. The van der Waals surface area contributed by atoms with Crippen molar-refractivity contribution in [1.82, 2.24) is 9.88 Å². The predicted molar refractivity (Wildman–Crippen MR) is 88.9 cm³/mol. The Balaban J connectivity index is 1.96. The number of amides is 1. The van der Waals surface area contributed by atoms with E-state index in [1.165, 1.54) is 11.8 Å². The number of benzene rings is 1. The minimum Gasteiger partial charge on any atom is -0.389 e. The van der Waals surface area contributed by atoms with Crippen LogP contribution in [0.4, 0.5) is 0 Å². The fourth-order valence-electron chi connectivity index (χ4n) is 1.97. The van der Waals surface area contributed by atoms with Crippen molar-refractivity contribution in [1.29, 1.82) is 0 Å². The number of aromatic nitrogens is 1. The molecule has 0 atom stereocenters. The van der Waals surface area contributed by atoms with Crippen molar-refractivity contribution in [3.63, 3.8) is 0 Å². The van der Waals surface area contributed by atoms with Crippen LogP contribution in [0.2, 0.25) is 0 Å². The molecule has 0 aliphatic heterocycles. The maximum Gasteiger partial charge on any atom is 0.233 e. The van der Waals surface area contributed by atoms with Crippen LogP contribution in [0.1, 0.15) is 20.8 Å². The minimum absolute atomic E-state index is 0.0314. The van der Waals surface area contributed by atoms with Gasteiger partial charge in [0.25, 0.3) is 0 Å². The summed E-state index contributed by atoms with van der Waals surface area (Å²) in [6.45, 7) is 6.30. The van der Waals surface area contributed by atoms with Crippen molar-refractivity contribution >= 4 is 39.2 Å². The standard InChI is InChI=1S/C15H20N2O2S2/c1-4-17(10-15(2,3)19)13(18)9-20-14-16-11-7-5-6-8-12(11)21-14/h5-8,19H,4,9-10H2,1-3H3. The summed E-state index contributed by atoms with van der Waals surface area (Å²) < 4.78 is 2.04. The molecule has 0 fully saturated rings. The highest BCUT2D eigenvalue weighted by Crippen LogP contribution is 2.29. The molecular formula is C15H20N2O2S2. The number of carbonyl (C=O) groups is 1. The molecule has 0 aliphatic carbocycles. The molecule has 1 aromatic heterocycles. The Morgan fingerprint density at radius 2 is 2.14 bits per heavy atom. The number of fused-ring (bicyclic) bond motifs is 1. The lowest BCUT2D eigenvalue weighted by Gasteiger charge is -2.27. The van der Waals surface area contributed by atoms with Gasteiger partial charge in [0.05, 0.1) is 21.6 Å². The van der Waals surface area contributed by atoms with Crippen molar-refractivity contribution < 1.29 is 9.90 Å². The van der Waals surface area contributed by atoms with E-state index >= 15 is 0 Å². The number of hydrogen-bond acceptors (Lipinski definition) is 5. The Labute approximate surface area is 133 Å². The van der Waals surface area contributed by atoms with Gasteiger partial charge in [-0.05, 0) is 32.9 Å². The molecule has 114 valence electrons.